The van der Waals surface area contributed by atoms with Gasteiger partial charge in [0.2, 0.25) is 0 Å². The van der Waals surface area contributed by atoms with E-state index in [0.29, 0.717) is 16.4 Å². The lowest BCUT2D eigenvalue weighted by molar-refractivity contribution is -0.577. The summed E-state index contributed by atoms with van der Waals surface area (Å²) in [7, 11) is 0. The minimum absolute atomic E-state index is 0.0817. The summed E-state index contributed by atoms with van der Waals surface area (Å²) in [6, 6.07) is 10.1. The average Bonchev–Trinajstić information content (AvgIpc) is 3.21. The maximum absolute atomic E-state index is 13.7. The highest BCUT2D eigenvalue weighted by atomic mass is 35.5. The second kappa shape index (κ2) is 8.48. The number of carbonyl (C=O) groups is 2. The predicted octanol–water partition coefficient (Wildman–Crippen LogP) is 3.46. The molecule has 0 saturated heterocycles. The van der Waals surface area contributed by atoms with Crippen molar-refractivity contribution in [1.82, 2.24) is 14.7 Å². The van der Waals surface area contributed by atoms with Gasteiger partial charge in [-0.05, 0) is 62.9 Å². The second-order valence-corrected chi connectivity index (χ2v) is 9.13. The van der Waals surface area contributed by atoms with E-state index in [1.807, 2.05) is 26.8 Å². The highest BCUT2D eigenvalue weighted by Crippen LogP contribution is 2.39. The molecule has 2 aromatic heterocycles. The molecule has 1 aliphatic heterocycles. The molecule has 170 valence electrons. The zero-order chi connectivity index (χ0) is 24.0. The van der Waals surface area contributed by atoms with Crippen LogP contribution in [0.5, 0.6) is 5.88 Å². The van der Waals surface area contributed by atoms with Crippen molar-refractivity contribution in [2.24, 2.45) is 0 Å². The smallest absolute Gasteiger partial charge is 0.327 e. The number of aryl methyl sites for hydroxylation is 1. The van der Waals surface area contributed by atoms with Gasteiger partial charge in [0.15, 0.2) is 12.4 Å². The Labute approximate surface area is 197 Å². The minimum atomic E-state index is -0.492. The van der Waals surface area contributed by atoms with Gasteiger partial charge in [0.1, 0.15) is 5.57 Å². The first-order valence-corrected chi connectivity index (χ1v) is 11.2. The molecule has 33 heavy (non-hydrogen) atoms. The summed E-state index contributed by atoms with van der Waals surface area (Å²) >= 11 is 6.00. The molecule has 4 rings (SSSR count). The van der Waals surface area contributed by atoms with Crippen LogP contribution in [0, 0.1) is 6.92 Å². The first kappa shape index (κ1) is 22.7. The SMILES string of the molecule is Cc1ccc[n+](C2=C(c3c(C(C)C)nn(-c4ccc(Cl)cc4)c3[O-])C(=O)N(C(C)C)C2=O)c1. The van der Waals surface area contributed by atoms with Crippen molar-refractivity contribution in [3.8, 4) is 11.6 Å². The quantitative estimate of drug-likeness (QED) is 0.427. The Morgan fingerprint density at radius 1 is 1.03 bits per heavy atom. The second-order valence-electron chi connectivity index (χ2n) is 8.69. The van der Waals surface area contributed by atoms with Crippen LogP contribution in [0.2, 0.25) is 5.02 Å². The summed E-state index contributed by atoms with van der Waals surface area (Å²) in [6.07, 6.45) is 3.48. The Bertz CT molecular complexity index is 1290. The van der Waals surface area contributed by atoms with Crippen LogP contribution < -0.4 is 9.67 Å². The lowest BCUT2D eigenvalue weighted by Gasteiger charge is -2.19. The van der Waals surface area contributed by atoms with E-state index < -0.39 is 17.7 Å². The first-order valence-electron chi connectivity index (χ1n) is 10.8. The van der Waals surface area contributed by atoms with Gasteiger partial charge in [-0.1, -0.05) is 25.4 Å². The Balaban J connectivity index is 2.04. The Hall–Kier alpha value is -3.45. The number of hydrogen-bond acceptors (Lipinski definition) is 4. The van der Waals surface area contributed by atoms with Crippen molar-refractivity contribution in [3.63, 3.8) is 0 Å². The van der Waals surface area contributed by atoms with Crippen LogP contribution >= 0.6 is 11.6 Å². The third-order valence-corrected chi connectivity index (χ3v) is 5.80. The summed E-state index contributed by atoms with van der Waals surface area (Å²) < 4.78 is 2.89. The zero-order valence-corrected chi connectivity index (χ0v) is 19.9. The third kappa shape index (κ3) is 3.82. The number of halogens is 1. The molecule has 0 atom stereocenters. The summed E-state index contributed by atoms with van der Waals surface area (Å²) in [4.78, 5) is 28.2. The first-order chi connectivity index (χ1) is 15.6. The highest BCUT2D eigenvalue weighted by molar-refractivity contribution is 6.45. The molecular formula is C25H25ClN4O3. The van der Waals surface area contributed by atoms with E-state index in [-0.39, 0.29) is 28.8 Å². The minimum Gasteiger partial charge on any atom is -0.858 e. The van der Waals surface area contributed by atoms with Gasteiger partial charge in [-0.2, -0.15) is 9.67 Å². The molecule has 0 fully saturated rings. The highest BCUT2D eigenvalue weighted by Gasteiger charge is 2.47. The fraction of sp³-hybridized carbons (Fsp3) is 0.280. The van der Waals surface area contributed by atoms with E-state index in [9.17, 15) is 14.7 Å². The van der Waals surface area contributed by atoms with Crippen LogP contribution in [0.15, 0.2) is 48.8 Å². The zero-order valence-electron chi connectivity index (χ0n) is 19.2. The molecule has 0 aliphatic carbocycles. The van der Waals surface area contributed by atoms with Crippen LogP contribution in [-0.4, -0.2) is 32.5 Å². The molecular weight excluding hydrogens is 440 g/mol. The van der Waals surface area contributed by atoms with E-state index in [2.05, 4.69) is 5.10 Å². The van der Waals surface area contributed by atoms with Crippen molar-refractivity contribution < 1.29 is 19.3 Å². The topological polar surface area (TPSA) is 82.1 Å². The van der Waals surface area contributed by atoms with Gasteiger partial charge >= 0.3 is 5.91 Å². The molecule has 0 radical (unpaired) electrons. The van der Waals surface area contributed by atoms with Gasteiger partial charge in [0.25, 0.3) is 11.6 Å². The van der Waals surface area contributed by atoms with Gasteiger partial charge in [-0.15, -0.1) is 0 Å². The van der Waals surface area contributed by atoms with Crippen LogP contribution in [0.1, 0.15) is 50.4 Å². The number of imide groups is 1. The van der Waals surface area contributed by atoms with Crippen molar-refractivity contribution >= 4 is 34.7 Å². The number of nitrogens with zero attached hydrogens (tertiary/aromatic N) is 4. The number of hydrogen-bond donors (Lipinski definition) is 0. The van der Waals surface area contributed by atoms with Crippen LogP contribution in [-0.2, 0) is 9.59 Å². The fourth-order valence-corrected chi connectivity index (χ4v) is 4.14. The molecule has 7 nitrogen and oxygen atoms in total. The van der Waals surface area contributed by atoms with Crippen LogP contribution in [0.25, 0.3) is 17.0 Å². The molecule has 1 aromatic carbocycles. The lowest BCUT2D eigenvalue weighted by Crippen LogP contribution is -2.42. The van der Waals surface area contributed by atoms with Crippen molar-refractivity contribution in [3.05, 3.63) is 70.6 Å². The Morgan fingerprint density at radius 2 is 1.70 bits per heavy atom. The summed E-state index contributed by atoms with van der Waals surface area (Å²) in [6.45, 7) is 9.25. The standard InChI is InChI=1S/C25H25ClN4O3/c1-14(2)21-19(24(32)30(27-21)18-10-8-17(26)9-11-18)20-22(28-12-6-7-16(5)13-28)25(33)29(15(3)4)23(20)31/h6-15H,1-5H3. The van der Waals surface area contributed by atoms with Crippen molar-refractivity contribution in [2.75, 3.05) is 0 Å². The maximum atomic E-state index is 13.7. The number of benzene rings is 1. The number of carbonyl (C=O) groups excluding carboxylic acids is 2. The van der Waals surface area contributed by atoms with E-state index in [1.54, 1.807) is 61.1 Å². The van der Waals surface area contributed by atoms with Crippen LogP contribution in [0.4, 0.5) is 0 Å². The van der Waals surface area contributed by atoms with E-state index in [4.69, 9.17) is 11.6 Å². The monoisotopic (exact) mass is 464 g/mol. The number of rotatable bonds is 5. The van der Waals surface area contributed by atoms with Gasteiger partial charge in [-0.3, -0.25) is 14.5 Å². The predicted molar refractivity (Wildman–Crippen MR) is 124 cm³/mol. The molecule has 0 N–H and O–H groups in total. The Morgan fingerprint density at radius 3 is 2.27 bits per heavy atom. The molecule has 0 unspecified atom stereocenters. The number of amides is 2. The third-order valence-electron chi connectivity index (χ3n) is 5.55. The molecule has 3 heterocycles. The maximum Gasteiger partial charge on any atom is 0.327 e. The molecule has 0 spiro atoms. The van der Waals surface area contributed by atoms with Gasteiger partial charge in [-0.25, -0.2) is 4.68 Å². The van der Waals surface area contributed by atoms with Gasteiger partial charge in [0, 0.05) is 28.3 Å². The van der Waals surface area contributed by atoms with Crippen LogP contribution in [0.3, 0.4) is 0 Å². The van der Waals surface area contributed by atoms with E-state index >= 15 is 0 Å². The number of pyridine rings is 1. The normalized spacial score (nSPS) is 14.4. The molecule has 2 amide bonds. The van der Waals surface area contributed by atoms with Gasteiger partial charge < -0.3 is 5.11 Å². The van der Waals surface area contributed by atoms with E-state index in [0.717, 1.165) is 5.56 Å². The summed E-state index contributed by atoms with van der Waals surface area (Å²) in [5.41, 5.74) is 2.30. The summed E-state index contributed by atoms with van der Waals surface area (Å²) in [5, 5.41) is 18.8. The largest absolute Gasteiger partial charge is 0.858 e. The molecule has 1 aliphatic rings. The molecule has 0 saturated carbocycles. The average molecular weight is 465 g/mol. The fourth-order valence-electron chi connectivity index (χ4n) is 4.02. The van der Waals surface area contributed by atoms with E-state index in [1.165, 1.54) is 9.58 Å². The molecule has 0 bridgehead atoms. The number of aromatic nitrogens is 3. The summed E-state index contributed by atoms with van der Waals surface area (Å²) in [5.74, 6) is -1.54. The molecule has 3 aromatic rings. The van der Waals surface area contributed by atoms with Gasteiger partial charge in [0.05, 0.1) is 11.4 Å². The molecule has 8 heteroatoms. The lowest BCUT2D eigenvalue weighted by atomic mass is 9.98. The van der Waals surface area contributed by atoms with Crippen molar-refractivity contribution in [1.29, 1.82) is 0 Å². The van der Waals surface area contributed by atoms with Crippen molar-refractivity contribution in [2.45, 2.75) is 46.6 Å². The Kier molecular flexibility index (Phi) is 5.84.